The van der Waals surface area contributed by atoms with Gasteiger partial charge in [0.15, 0.2) is 5.96 Å². The molecular weight excluding hydrogens is 300 g/mol. The molecule has 0 heterocycles. The van der Waals surface area contributed by atoms with Crippen molar-refractivity contribution in [3.05, 3.63) is 35.4 Å². The van der Waals surface area contributed by atoms with E-state index >= 15 is 0 Å². The first-order valence-corrected chi connectivity index (χ1v) is 8.61. The summed E-state index contributed by atoms with van der Waals surface area (Å²) in [6, 6.07) is 8.56. The average Bonchev–Trinajstić information content (AvgIpc) is 2.56. The van der Waals surface area contributed by atoms with Crippen molar-refractivity contribution in [2.24, 2.45) is 10.4 Å². The summed E-state index contributed by atoms with van der Waals surface area (Å²) in [5.41, 5.74) is 2.05. The van der Waals surface area contributed by atoms with Gasteiger partial charge in [0, 0.05) is 20.1 Å². The number of amides is 1. The molecule has 0 aliphatic heterocycles. The second-order valence-electron chi connectivity index (χ2n) is 6.85. The van der Waals surface area contributed by atoms with E-state index < -0.39 is 5.41 Å². The number of aliphatic imine (C=N–C) groups is 1. The minimum absolute atomic E-state index is 0.00442. The topological polar surface area (TPSA) is 65.5 Å². The van der Waals surface area contributed by atoms with Crippen molar-refractivity contribution >= 4 is 11.9 Å². The maximum Gasteiger partial charge on any atom is 0.227 e. The summed E-state index contributed by atoms with van der Waals surface area (Å²) in [6.45, 7) is 12.1. The number of carbonyl (C=O) groups is 1. The number of guanidine groups is 1. The average molecular weight is 332 g/mol. The fraction of sp³-hybridized carbons (Fsp3) is 0.579. The van der Waals surface area contributed by atoms with Gasteiger partial charge in [-0.15, -0.1) is 0 Å². The Balaban J connectivity index is 2.68. The van der Waals surface area contributed by atoms with E-state index in [2.05, 4.69) is 59.1 Å². The fourth-order valence-corrected chi connectivity index (χ4v) is 2.37. The summed E-state index contributed by atoms with van der Waals surface area (Å²) < 4.78 is 0. The summed E-state index contributed by atoms with van der Waals surface area (Å²) in [4.78, 5) is 16.4. The predicted octanol–water partition coefficient (Wildman–Crippen LogP) is 2.43. The summed E-state index contributed by atoms with van der Waals surface area (Å²) in [5, 5.41) is 9.30. The predicted molar refractivity (Wildman–Crippen MR) is 101 cm³/mol. The van der Waals surface area contributed by atoms with Crippen molar-refractivity contribution in [1.82, 2.24) is 16.0 Å². The first-order chi connectivity index (χ1) is 11.3. The van der Waals surface area contributed by atoms with Gasteiger partial charge in [-0.3, -0.25) is 9.79 Å². The molecule has 3 N–H and O–H groups in total. The van der Waals surface area contributed by atoms with E-state index in [9.17, 15) is 4.79 Å². The molecule has 1 atom stereocenters. The molecule has 0 aromatic heterocycles. The molecule has 1 unspecified atom stereocenters. The number of benzene rings is 1. The van der Waals surface area contributed by atoms with Crippen molar-refractivity contribution < 1.29 is 4.79 Å². The molecule has 1 rings (SSSR count). The van der Waals surface area contributed by atoms with Crippen LogP contribution in [0.3, 0.4) is 0 Å². The van der Waals surface area contributed by atoms with Crippen LogP contribution in [0.4, 0.5) is 0 Å². The zero-order valence-electron chi connectivity index (χ0n) is 15.9. The van der Waals surface area contributed by atoms with Crippen molar-refractivity contribution in [2.45, 2.75) is 40.5 Å². The second kappa shape index (κ2) is 9.30. The Morgan fingerprint density at radius 1 is 1.29 bits per heavy atom. The first kappa shape index (κ1) is 20.0. The smallest absolute Gasteiger partial charge is 0.227 e. The van der Waals surface area contributed by atoms with Crippen LogP contribution in [0.2, 0.25) is 0 Å². The van der Waals surface area contributed by atoms with E-state index in [1.54, 1.807) is 7.05 Å². The fourth-order valence-electron chi connectivity index (χ4n) is 2.37. The van der Waals surface area contributed by atoms with Crippen molar-refractivity contribution in [3.63, 3.8) is 0 Å². The number of aryl methyl sites for hydroxylation is 1. The number of nitrogens with one attached hydrogen (secondary N) is 3. The minimum Gasteiger partial charge on any atom is -0.359 e. The van der Waals surface area contributed by atoms with Gasteiger partial charge >= 0.3 is 0 Å². The van der Waals surface area contributed by atoms with Gasteiger partial charge in [-0.05, 0) is 39.2 Å². The zero-order chi connectivity index (χ0) is 18.2. The molecule has 1 aromatic rings. The second-order valence-corrected chi connectivity index (χ2v) is 6.85. The van der Waals surface area contributed by atoms with E-state index in [1.807, 2.05) is 20.8 Å². The molecule has 134 valence electrons. The standard InChI is InChI=1S/C19H32N4O/c1-7-21-18(23-13-19(4,5)17(24)20-6)22-12-15(3)16-10-8-9-14(2)11-16/h8-11,15H,7,12-13H2,1-6H3,(H,20,24)(H2,21,22,23). The lowest BCUT2D eigenvalue weighted by Crippen LogP contribution is -2.41. The highest BCUT2D eigenvalue weighted by Crippen LogP contribution is 2.16. The molecule has 0 fully saturated rings. The molecule has 0 aliphatic rings. The third-order valence-corrected chi connectivity index (χ3v) is 4.01. The lowest BCUT2D eigenvalue weighted by atomic mass is 9.93. The van der Waals surface area contributed by atoms with E-state index in [4.69, 9.17) is 0 Å². The summed E-state index contributed by atoms with van der Waals surface area (Å²) in [7, 11) is 1.65. The van der Waals surface area contributed by atoms with Crippen LogP contribution in [0.5, 0.6) is 0 Å². The largest absolute Gasteiger partial charge is 0.359 e. The Kier molecular flexibility index (Phi) is 7.75. The summed E-state index contributed by atoms with van der Waals surface area (Å²) in [5.74, 6) is 1.12. The van der Waals surface area contributed by atoms with Crippen LogP contribution in [0.25, 0.3) is 0 Å². The highest BCUT2D eigenvalue weighted by atomic mass is 16.2. The molecule has 0 saturated heterocycles. The van der Waals surface area contributed by atoms with Gasteiger partial charge in [0.1, 0.15) is 0 Å². The number of hydrogen-bond donors (Lipinski definition) is 3. The Labute approximate surface area is 146 Å². The molecule has 0 aliphatic carbocycles. The molecular formula is C19H32N4O. The van der Waals surface area contributed by atoms with Crippen LogP contribution in [0, 0.1) is 12.3 Å². The number of nitrogens with zero attached hydrogens (tertiary/aromatic N) is 1. The highest BCUT2D eigenvalue weighted by Gasteiger charge is 2.26. The third-order valence-electron chi connectivity index (χ3n) is 4.01. The maximum absolute atomic E-state index is 11.9. The van der Waals surface area contributed by atoms with Crippen molar-refractivity contribution in [2.75, 3.05) is 26.7 Å². The number of rotatable bonds is 7. The maximum atomic E-state index is 11.9. The number of hydrogen-bond acceptors (Lipinski definition) is 2. The number of carbonyl (C=O) groups excluding carboxylic acids is 1. The molecule has 1 amide bonds. The molecule has 24 heavy (non-hydrogen) atoms. The zero-order valence-corrected chi connectivity index (χ0v) is 15.9. The van der Waals surface area contributed by atoms with Crippen LogP contribution in [-0.4, -0.2) is 38.5 Å². The van der Waals surface area contributed by atoms with E-state index in [0.29, 0.717) is 12.5 Å². The normalized spacial score (nSPS) is 13.3. The van der Waals surface area contributed by atoms with Gasteiger partial charge in [-0.25, -0.2) is 0 Å². The van der Waals surface area contributed by atoms with E-state index in [1.165, 1.54) is 11.1 Å². The van der Waals surface area contributed by atoms with Crippen LogP contribution < -0.4 is 16.0 Å². The van der Waals surface area contributed by atoms with Gasteiger partial charge in [-0.2, -0.15) is 0 Å². The molecule has 1 aromatic carbocycles. The van der Waals surface area contributed by atoms with Crippen molar-refractivity contribution in [1.29, 1.82) is 0 Å². The van der Waals surface area contributed by atoms with Gasteiger partial charge in [0.2, 0.25) is 5.91 Å². The van der Waals surface area contributed by atoms with Crippen LogP contribution >= 0.6 is 0 Å². The summed E-state index contributed by atoms with van der Waals surface area (Å²) in [6.07, 6.45) is 0. The Bertz CT molecular complexity index is 566. The molecule has 5 heteroatoms. The SMILES string of the molecule is CCNC(=NCC(C)(C)C(=O)NC)NCC(C)c1cccc(C)c1. The summed E-state index contributed by atoms with van der Waals surface area (Å²) >= 11 is 0. The van der Waals surface area contributed by atoms with Crippen LogP contribution in [0.15, 0.2) is 29.3 Å². The molecule has 0 bridgehead atoms. The van der Waals surface area contributed by atoms with Crippen LogP contribution in [0.1, 0.15) is 44.7 Å². The lowest BCUT2D eigenvalue weighted by molar-refractivity contribution is -0.128. The minimum atomic E-state index is -0.529. The first-order valence-electron chi connectivity index (χ1n) is 8.61. The highest BCUT2D eigenvalue weighted by molar-refractivity contribution is 5.83. The van der Waals surface area contributed by atoms with Gasteiger partial charge < -0.3 is 16.0 Å². The lowest BCUT2D eigenvalue weighted by Gasteiger charge is -2.22. The van der Waals surface area contributed by atoms with Crippen LogP contribution in [-0.2, 0) is 4.79 Å². The Hall–Kier alpha value is -2.04. The van der Waals surface area contributed by atoms with Crippen molar-refractivity contribution in [3.8, 4) is 0 Å². The van der Waals surface area contributed by atoms with Gasteiger partial charge in [-0.1, -0.05) is 36.8 Å². The molecule has 0 radical (unpaired) electrons. The quantitative estimate of drug-likeness (QED) is 0.531. The molecule has 0 saturated carbocycles. The van der Waals surface area contributed by atoms with E-state index in [-0.39, 0.29) is 5.91 Å². The third kappa shape index (κ3) is 6.22. The van der Waals surface area contributed by atoms with Gasteiger partial charge in [0.05, 0.1) is 12.0 Å². The van der Waals surface area contributed by atoms with E-state index in [0.717, 1.165) is 19.0 Å². The molecule has 5 nitrogen and oxygen atoms in total. The Morgan fingerprint density at radius 3 is 2.58 bits per heavy atom. The van der Waals surface area contributed by atoms with Gasteiger partial charge in [0.25, 0.3) is 0 Å². The Morgan fingerprint density at radius 2 is 2.00 bits per heavy atom. The molecule has 0 spiro atoms. The monoisotopic (exact) mass is 332 g/mol.